The van der Waals surface area contributed by atoms with Crippen LogP contribution in [0.1, 0.15) is 54.1 Å². The van der Waals surface area contributed by atoms with E-state index >= 15 is 0 Å². The van der Waals surface area contributed by atoms with Crippen LogP contribution < -0.4 is 4.90 Å². The first-order chi connectivity index (χ1) is 17.4. The van der Waals surface area contributed by atoms with Crippen LogP contribution in [0, 0.1) is 13.8 Å². The van der Waals surface area contributed by atoms with E-state index in [4.69, 9.17) is 0 Å². The fraction of sp³-hybridized carbons (Fsp3) is 0.206. The highest BCUT2D eigenvalue weighted by Crippen LogP contribution is 2.47. The van der Waals surface area contributed by atoms with E-state index in [0.29, 0.717) is 6.42 Å². The maximum absolute atomic E-state index is 14.2. The van der Waals surface area contributed by atoms with E-state index in [0.717, 1.165) is 33.5 Å². The molecule has 1 saturated heterocycles. The Hall–Kier alpha value is -3.91. The van der Waals surface area contributed by atoms with Crippen molar-refractivity contribution in [2.24, 2.45) is 0 Å². The third-order valence-electron chi connectivity index (χ3n) is 7.33. The molecular weight excluding hydrogens is 438 g/mol. The second-order valence-corrected chi connectivity index (χ2v) is 10.3. The smallest absolute Gasteiger partial charge is 0.164 e. The molecule has 0 aromatic heterocycles. The van der Waals surface area contributed by atoms with Crippen LogP contribution in [-0.4, -0.2) is 11.3 Å². The summed E-state index contributed by atoms with van der Waals surface area (Å²) >= 11 is 0. The van der Waals surface area contributed by atoms with Gasteiger partial charge < -0.3 is 4.90 Å². The van der Waals surface area contributed by atoms with Crippen LogP contribution in [0.4, 0.5) is 5.69 Å². The quantitative estimate of drug-likeness (QED) is 0.280. The summed E-state index contributed by atoms with van der Waals surface area (Å²) in [6.07, 6.45) is 0.429. The molecule has 36 heavy (non-hydrogen) atoms. The van der Waals surface area contributed by atoms with Crippen LogP contribution in [0.15, 0.2) is 115 Å². The van der Waals surface area contributed by atoms with E-state index in [1.165, 1.54) is 11.1 Å². The molecule has 2 heteroatoms. The maximum Gasteiger partial charge on any atom is 0.164 e. The highest BCUT2D eigenvalue weighted by atomic mass is 16.1. The summed E-state index contributed by atoms with van der Waals surface area (Å²) in [4.78, 5) is 16.7. The minimum atomic E-state index is -0.553. The molecule has 4 aromatic rings. The molecule has 2 nitrogen and oxygen atoms in total. The lowest BCUT2D eigenvalue weighted by atomic mass is 9.73. The molecule has 0 aliphatic carbocycles. The standard InChI is InChI=1S/C34H33NO/c1-24-15-19-27(20-16-24)32(28-21-17-25(2)18-22-28)33-31(36)23-30(26-11-7-5-8-12-26)35(34(33,3)4)29-13-9-6-10-14-29/h5-22,30H,23H2,1-4H3. The van der Waals surface area contributed by atoms with Gasteiger partial charge in [0.25, 0.3) is 0 Å². The molecule has 0 radical (unpaired) electrons. The molecule has 0 bridgehead atoms. The number of carbonyl (C=O) groups excluding carboxylic acids is 1. The Morgan fingerprint density at radius 3 is 1.67 bits per heavy atom. The predicted octanol–water partition coefficient (Wildman–Crippen LogP) is 8.10. The van der Waals surface area contributed by atoms with Gasteiger partial charge in [-0.05, 0) is 62.1 Å². The van der Waals surface area contributed by atoms with Gasteiger partial charge in [0.2, 0.25) is 0 Å². The van der Waals surface area contributed by atoms with Gasteiger partial charge in [-0.1, -0.05) is 108 Å². The second kappa shape index (κ2) is 9.62. The number of hydrogen-bond acceptors (Lipinski definition) is 2. The summed E-state index contributed by atoms with van der Waals surface area (Å²) in [7, 11) is 0. The van der Waals surface area contributed by atoms with E-state index in [2.05, 4.69) is 130 Å². The van der Waals surface area contributed by atoms with Crippen molar-refractivity contribution in [1.29, 1.82) is 0 Å². The number of rotatable bonds is 4. The lowest BCUT2D eigenvalue weighted by molar-refractivity contribution is -0.117. The van der Waals surface area contributed by atoms with Crippen molar-refractivity contribution < 1.29 is 4.79 Å². The zero-order valence-electron chi connectivity index (χ0n) is 21.5. The molecule has 5 rings (SSSR count). The normalized spacial score (nSPS) is 17.2. The minimum Gasteiger partial charge on any atom is -0.355 e. The third-order valence-corrected chi connectivity index (χ3v) is 7.33. The highest BCUT2D eigenvalue weighted by molar-refractivity contribution is 6.10. The molecule has 1 heterocycles. The number of Topliss-reactive ketones (excluding diaryl/α,β-unsaturated/α-hetero) is 1. The van der Waals surface area contributed by atoms with Gasteiger partial charge in [0, 0.05) is 17.7 Å². The summed E-state index contributed by atoms with van der Waals surface area (Å²) in [6, 6.07) is 38.0. The monoisotopic (exact) mass is 471 g/mol. The highest BCUT2D eigenvalue weighted by Gasteiger charge is 2.46. The Kier molecular flexibility index (Phi) is 6.36. The second-order valence-electron chi connectivity index (χ2n) is 10.3. The van der Waals surface area contributed by atoms with Gasteiger partial charge in [0.1, 0.15) is 0 Å². The number of carbonyl (C=O) groups is 1. The fourth-order valence-electron chi connectivity index (χ4n) is 5.59. The van der Waals surface area contributed by atoms with Gasteiger partial charge >= 0.3 is 0 Å². The molecule has 1 unspecified atom stereocenters. The van der Waals surface area contributed by atoms with Crippen molar-refractivity contribution in [3.8, 4) is 0 Å². The van der Waals surface area contributed by atoms with E-state index in [9.17, 15) is 4.79 Å². The number of benzene rings is 4. The number of piperidine rings is 1. The van der Waals surface area contributed by atoms with E-state index < -0.39 is 5.54 Å². The molecule has 1 aliphatic rings. The van der Waals surface area contributed by atoms with Crippen molar-refractivity contribution in [2.45, 2.75) is 45.7 Å². The molecule has 0 N–H and O–H groups in total. The zero-order valence-corrected chi connectivity index (χ0v) is 21.5. The van der Waals surface area contributed by atoms with E-state index in [1.54, 1.807) is 0 Å². The van der Waals surface area contributed by atoms with Gasteiger partial charge in [-0.3, -0.25) is 4.79 Å². The molecule has 1 fully saturated rings. The molecule has 0 spiro atoms. The Bertz CT molecular complexity index is 1330. The number of aryl methyl sites for hydroxylation is 2. The van der Waals surface area contributed by atoms with Gasteiger partial charge in [0.05, 0.1) is 11.6 Å². The van der Waals surface area contributed by atoms with Gasteiger partial charge in [-0.2, -0.15) is 0 Å². The largest absolute Gasteiger partial charge is 0.355 e. The molecular formula is C34H33NO. The number of para-hydroxylation sites is 1. The van der Waals surface area contributed by atoms with Gasteiger partial charge in [-0.15, -0.1) is 0 Å². The van der Waals surface area contributed by atoms with Crippen LogP contribution in [0.3, 0.4) is 0 Å². The first-order valence-electron chi connectivity index (χ1n) is 12.7. The number of ketones is 1. The average Bonchev–Trinajstić information content (AvgIpc) is 2.88. The lowest BCUT2D eigenvalue weighted by Crippen LogP contribution is -2.54. The zero-order chi connectivity index (χ0) is 25.3. The van der Waals surface area contributed by atoms with Crippen LogP contribution in [0.25, 0.3) is 5.57 Å². The summed E-state index contributed by atoms with van der Waals surface area (Å²) in [5.74, 6) is 0.206. The summed E-state index contributed by atoms with van der Waals surface area (Å²) < 4.78 is 0. The van der Waals surface area contributed by atoms with Gasteiger partial charge in [-0.25, -0.2) is 0 Å². The van der Waals surface area contributed by atoms with Crippen molar-refractivity contribution >= 4 is 17.0 Å². The molecule has 180 valence electrons. The molecule has 1 aliphatic heterocycles. The third kappa shape index (κ3) is 4.40. The Balaban J connectivity index is 1.78. The van der Waals surface area contributed by atoms with Crippen LogP contribution >= 0.6 is 0 Å². The number of hydrogen-bond donors (Lipinski definition) is 0. The Labute approximate surface area is 214 Å². The molecule has 1 atom stereocenters. The Morgan fingerprint density at radius 2 is 1.17 bits per heavy atom. The summed E-state index contributed by atoms with van der Waals surface area (Å²) in [5, 5.41) is 0. The van der Waals surface area contributed by atoms with E-state index in [1.807, 2.05) is 12.1 Å². The predicted molar refractivity (Wildman–Crippen MR) is 150 cm³/mol. The van der Waals surface area contributed by atoms with Crippen LogP contribution in [0.2, 0.25) is 0 Å². The minimum absolute atomic E-state index is 0.0443. The van der Waals surface area contributed by atoms with Gasteiger partial charge in [0.15, 0.2) is 5.78 Å². The fourth-order valence-corrected chi connectivity index (χ4v) is 5.59. The van der Waals surface area contributed by atoms with Crippen molar-refractivity contribution in [2.75, 3.05) is 4.90 Å². The summed E-state index contributed by atoms with van der Waals surface area (Å²) in [6.45, 7) is 8.59. The van der Waals surface area contributed by atoms with Crippen LogP contribution in [0.5, 0.6) is 0 Å². The average molecular weight is 472 g/mol. The lowest BCUT2D eigenvalue weighted by Gasteiger charge is -2.51. The molecule has 0 amide bonds. The Morgan fingerprint density at radius 1 is 0.694 bits per heavy atom. The SMILES string of the molecule is Cc1ccc(C(=C2C(=O)CC(c3ccccc3)N(c3ccccc3)C2(C)C)c2ccc(C)cc2)cc1. The first-order valence-corrected chi connectivity index (χ1v) is 12.7. The number of nitrogens with zero attached hydrogens (tertiary/aromatic N) is 1. The van der Waals surface area contributed by atoms with E-state index in [-0.39, 0.29) is 11.8 Å². The van der Waals surface area contributed by atoms with Crippen molar-refractivity contribution in [1.82, 2.24) is 0 Å². The van der Waals surface area contributed by atoms with Crippen LogP contribution in [-0.2, 0) is 4.79 Å². The topological polar surface area (TPSA) is 20.3 Å². The first kappa shape index (κ1) is 23.8. The number of anilines is 1. The molecule has 4 aromatic carbocycles. The van der Waals surface area contributed by atoms with Crippen molar-refractivity contribution in [3.05, 3.63) is 143 Å². The summed E-state index contributed by atoms with van der Waals surface area (Å²) in [5.41, 5.74) is 8.18. The maximum atomic E-state index is 14.2. The van der Waals surface area contributed by atoms with Crippen molar-refractivity contribution in [3.63, 3.8) is 0 Å². The molecule has 0 saturated carbocycles.